The lowest BCUT2D eigenvalue weighted by atomic mass is 10.1. The molecule has 6 unspecified atom stereocenters. The number of nitrogens with zero attached hydrogens (tertiary/aromatic N) is 3. The van der Waals surface area contributed by atoms with Gasteiger partial charge < -0.3 is 25.4 Å². The summed E-state index contributed by atoms with van der Waals surface area (Å²) in [4.78, 5) is 9.33. The molecule has 1 aromatic carbocycles. The van der Waals surface area contributed by atoms with E-state index in [1.54, 1.807) is 10.7 Å². The first kappa shape index (κ1) is 24.4. The second kappa shape index (κ2) is 10.0. The number of H-pyrrole nitrogens is 1. The van der Waals surface area contributed by atoms with Gasteiger partial charge in [-0.05, 0) is 30.5 Å². The number of hydrogen-bond acceptors (Lipinski definition) is 8. The van der Waals surface area contributed by atoms with Gasteiger partial charge in [-0.3, -0.25) is 9.78 Å². The molecule has 12 heteroatoms. The van der Waals surface area contributed by atoms with Crippen LogP contribution in [0.3, 0.4) is 0 Å². The van der Waals surface area contributed by atoms with Gasteiger partial charge in [0.25, 0.3) is 0 Å². The molecule has 2 aliphatic carbocycles. The second-order valence-electron chi connectivity index (χ2n) is 9.07. The Hall–Kier alpha value is -2.25. The van der Waals surface area contributed by atoms with E-state index in [9.17, 15) is 19.0 Å². The van der Waals surface area contributed by atoms with E-state index in [-0.39, 0.29) is 25.2 Å². The van der Waals surface area contributed by atoms with Gasteiger partial charge in [0.2, 0.25) is 0 Å². The third-order valence-electron chi connectivity index (χ3n) is 6.60. The average Bonchev–Trinajstić information content (AvgIpc) is 3.54. The molecular weight excluding hydrogens is 480 g/mol. The second-order valence-corrected chi connectivity index (χ2v) is 10.1. The summed E-state index contributed by atoms with van der Waals surface area (Å²) in [6.07, 6.45) is -0.645. The number of benzene rings is 1. The summed E-state index contributed by atoms with van der Waals surface area (Å²) in [7, 11) is 0. The summed E-state index contributed by atoms with van der Waals surface area (Å²) in [6.45, 7) is 1.99. The topological polar surface area (TPSA) is 128 Å². The smallest absolute Gasteiger partial charge is 0.191 e. The highest BCUT2D eigenvalue weighted by Gasteiger charge is 2.45. The predicted molar refractivity (Wildman–Crippen MR) is 127 cm³/mol. The van der Waals surface area contributed by atoms with Crippen molar-refractivity contribution >= 4 is 28.7 Å². The van der Waals surface area contributed by atoms with Crippen LogP contribution in [0, 0.1) is 11.6 Å². The molecule has 0 bridgehead atoms. The number of rotatable bonds is 10. The third-order valence-corrected chi connectivity index (χ3v) is 7.66. The van der Waals surface area contributed by atoms with Crippen molar-refractivity contribution in [3.8, 4) is 0 Å². The van der Waals surface area contributed by atoms with Crippen molar-refractivity contribution in [3.05, 3.63) is 35.4 Å². The number of aliphatic hydroxyl groups is 3. The molecule has 2 saturated carbocycles. The zero-order valence-corrected chi connectivity index (χ0v) is 20.0. The summed E-state index contributed by atoms with van der Waals surface area (Å²) in [5, 5.41) is 37.2. The Morgan fingerprint density at radius 1 is 1.20 bits per heavy atom. The number of thioether (sulfide) groups is 1. The van der Waals surface area contributed by atoms with Gasteiger partial charge in [0.05, 0.1) is 25.4 Å². The maximum absolute atomic E-state index is 13.7. The van der Waals surface area contributed by atoms with Crippen molar-refractivity contribution < 1.29 is 28.8 Å². The van der Waals surface area contributed by atoms with Crippen molar-refractivity contribution in [2.75, 3.05) is 24.3 Å². The Bertz CT molecular complexity index is 1190. The number of fused-ring (bicyclic) bond motifs is 1. The summed E-state index contributed by atoms with van der Waals surface area (Å²) >= 11 is 1.52. The monoisotopic (exact) mass is 509 g/mol. The Kier molecular flexibility index (Phi) is 6.99. The standard InChI is InChI=1S/C23H29F2N5O4S/c1-2-7-35-23-27-21(26-15-9-12(15)11-3-4-13(24)14(25)8-11)18-22(28-23)30(29-18)16-10-17(34-6-5-31)20(33)19(16)32/h3-4,8,12,15-17,19-20,29,31-33H,2,5-7,9-10H2,1H3,(H,26,27,28). The van der Waals surface area contributed by atoms with Crippen LogP contribution in [0.15, 0.2) is 23.4 Å². The zero-order chi connectivity index (χ0) is 24.7. The summed E-state index contributed by atoms with van der Waals surface area (Å²) in [5.74, 6) is -0.209. The van der Waals surface area contributed by atoms with Crippen LogP contribution in [0.4, 0.5) is 14.6 Å². The fourth-order valence-electron chi connectivity index (χ4n) is 4.66. The molecule has 0 saturated heterocycles. The molecule has 2 aromatic heterocycles. The van der Waals surface area contributed by atoms with Gasteiger partial charge in [-0.2, -0.15) is 0 Å². The molecule has 2 fully saturated rings. The maximum Gasteiger partial charge on any atom is 0.191 e. The van der Waals surface area contributed by atoms with Crippen molar-refractivity contribution in [1.82, 2.24) is 19.7 Å². The third kappa shape index (κ3) is 4.77. The van der Waals surface area contributed by atoms with Crippen LogP contribution in [0.25, 0.3) is 11.2 Å². The highest BCUT2D eigenvalue weighted by molar-refractivity contribution is 7.99. The molecule has 190 valence electrons. The van der Waals surface area contributed by atoms with E-state index >= 15 is 0 Å². The SMILES string of the molecule is CCCSc1nc(NC2CC2c2ccc(F)c(F)c2)c2[nH]n(C3CC(OCCO)C(O)C3O)c2n1. The summed E-state index contributed by atoms with van der Waals surface area (Å²) in [6, 6.07) is 3.55. The van der Waals surface area contributed by atoms with Crippen LogP contribution in [0.2, 0.25) is 0 Å². The van der Waals surface area contributed by atoms with Crippen molar-refractivity contribution in [1.29, 1.82) is 0 Å². The lowest BCUT2D eigenvalue weighted by molar-refractivity contribution is -0.0629. The molecule has 9 nitrogen and oxygen atoms in total. The van der Waals surface area contributed by atoms with Gasteiger partial charge in [0, 0.05) is 24.1 Å². The van der Waals surface area contributed by atoms with Gasteiger partial charge >= 0.3 is 0 Å². The number of aromatic amines is 1. The molecule has 6 atom stereocenters. The van der Waals surface area contributed by atoms with Crippen LogP contribution in [-0.4, -0.2) is 78.4 Å². The van der Waals surface area contributed by atoms with Gasteiger partial charge in [0.15, 0.2) is 28.3 Å². The molecule has 2 heterocycles. The Balaban J connectivity index is 1.38. The summed E-state index contributed by atoms with van der Waals surface area (Å²) < 4.78 is 34.2. The molecule has 0 amide bonds. The highest BCUT2D eigenvalue weighted by atomic mass is 32.2. The molecule has 5 N–H and O–H groups in total. The van der Waals surface area contributed by atoms with Crippen LogP contribution in [0.1, 0.15) is 43.7 Å². The number of ether oxygens (including phenoxy) is 1. The van der Waals surface area contributed by atoms with Crippen LogP contribution in [-0.2, 0) is 4.74 Å². The van der Waals surface area contributed by atoms with E-state index in [1.165, 1.54) is 17.8 Å². The van der Waals surface area contributed by atoms with Gasteiger partial charge in [-0.25, -0.2) is 18.7 Å². The van der Waals surface area contributed by atoms with Crippen molar-refractivity contribution in [2.24, 2.45) is 0 Å². The van der Waals surface area contributed by atoms with E-state index in [2.05, 4.69) is 27.3 Å². The first-order chi connectivity index (χ1) is 16.9. The minimum Gasteiger partial charge on any atom is -0.394 e. The molecule has 0 aliphatic heterocycles. The number of anilines is 1. The minimum absolute atomic E-state index is 0.0221. The molecule has 3 aromatic rings. The van der Waals surface area contributed by atoms with E-state index in [0.717, 1.165) is 30.2 Å². The molecule has 5 rings (SSSR count). The number of aliphatic hydroxyl groups excluding tert-OH is 3. The lowest BCUT2D eigenvalue weighted by Crippen LogP contribution is -2.34. The molecule has 0 radical (unpaired) electrons. The quantitative estimate of drug-likeness (QED) is 0.208. The number of hydrogen-bond donors (Lipinski definition) is 5. The van der Waals surface area contributed by atoms with E-state index in [4.69, 9.17) is 9.84 Å². The molecular formula is C23H29F2N5O4S. The van der Waals surface area contributed by atoms with E-state index < -0.39 is 36.0 Å². The molecule has 35 heavy (non-hydrogen) atoms. The number of halogens is 2. The van der Waals surface area contributed by atoms with Crippen molar-refractivity contribution in [2.45, 2.75) is 67.7 Å². The van der Waals surface area contributed by atoms with Gasteiger partial charge in [0.1, 0.15) is 17.7 Å². The lowest BCUT2D eigenvalue weighted by Gasteiger charge is -2.26. The van der Waals surface area contributed by atoms with E-state index in [0.29, 0.717) is 28.6 Å². The van der Waals surface area contributed by atoms with Crippen LogP contribution in [0.5, 0.6) is 0 Å². The van der Waals surface area contributed by atoms with E-state index in [1.807, 2.05) is 0 Å². The van der Waals surface area contributed by atoms with Crippen molar-refractivity contribution in [3.63, 3.8) is 0 Å². The minimum atomic E-state index is -1.07. The van der Waals surface area contributed by atoms with Gasteiger partial charge in [-0.1, -0.05) is 24.8 Å². The maximum atomic E-state index is 13.7. The highest BCUT2D eigenvalue weighted by Crippen LogP contribution is 2.44. The number of aromatic nitrogens is 4. The predicted octanol–water partition coefficient (Wildman–Crippen LogP) is 2.55. The number of nitrogens with one attached hydrogen (secondary N) is 2. The van der Waals surface area contributed by atoms with Crippen LogP contribution < -0.4 is 5.32 Å². The summed E-state index contributed by atoms with van der Waals surface area (Å²) in [5.41, 5.74) is 2.04. The fraction of sp³-hybridized carbons (Fsp3) is 0.565. The first-order valence-electron chi connectivity index (χ1n) is 11.8. The fourth-order valence-corrected chi connectivity index (χ4v) is 5.36. The molecule has 2 aliphatic rings. The average molecular weight is 510 g/mol. The Labute approximate surface area is 204 Å². The largest absolute Gasteiger partial charge is 0.394 e. The zero-order valence-electron chi connectivity index (χ0n) is 19.2. The van der Waals surface area contributed by atoms with Gasteiger partial charge in [-0.15, -0.1) is 0 Å². The Morgan fingerprint density at radius 3 is 2.77 bits per heavy atom. The molecule has 0 spiro atoms. The van der Waals surface area contributed by atoms with Crippen LogP contribution >= 0.6 is 11.8 Å². The normalized spacial score (nSPS) is 28.2. The Morgan fingerprint density at radius 2 is 2.03 bits per heavy atom. The first-order valence-corrected chi connectivity index (χ1v) is 12.8.